The van der Waals surface area contributed by atoms with Crippen LogP contribution in [0, 0.1) is 0 Å². The fraction of sp³-hybridized carbons (Fsp3) is 0.600. The molecule has 6 nitrogen and oxygen atoms in total. The van der Waals surface area contributed by atoms with Gasteiger partial charge in [-0.2, -0.15) is 0 Å². The van der Waals surface area contributed by atoms with E-state index in [1.807, 2.05) is 17.9 Å². The molecule has 0 bridgehead atoms. The normalized spacial score (nSPS) is 17.4. The Kier molecular flexibility index (Phi) is 8.07. The molecule has 0 atom stereocenters. The smallest absolute Gasteiger partial charge is 0.317 e. The maximum atomic E-state index is 12.4. The van der Waals surface area contributed by atoms with Gasteiger partial charge in [-0.15, -0.1) is 12.4 Å². The van der Waals surface area contributed by atoms with E-state index < -0.39 is 5.97 Å². The number of hydrogen-bond donors (Lipinski definition) is 2. The molecule has 1 aliphatic carbocycles. The average Bonchev–Trinajstić information content (AvgIpc) is 3.08. The van der Waals surface area contributed by atoms with Crippen molar-refractivity contribution in [1.82, 2.24) is 9.80 Å². The van der Waals surface area contributed by atoms with Crippen molar-refractivity contribution < 1.29 is 14.7 Å². The molecule has 1 heterocycles. The van der Waals surface area contributed by atoms with Gasteiger partial charge in [0.15, 0.2) is 0 Å². The molecular formula is C20H30ClN3O3. The van der Waals surface area contributed by atoms with Gasteiger partial charge in [0.25, 0.3) is 0 Å². The predicted molar refractivity (Wildman–Crippen MR) is 109 cm³/mol. The average molecular weight is 396 g/mol. The van der Waals surface area contributed by atoms with Crippen molar-refractivity contribution in [3.8, 4) is 0 Å². The van der Waals surface area contributed by atoms with E-state index in [-0.39, 0.29) is 24.9 Å². The summed E-state index contributed by atoms with van der Waals surface area (Å²) in [6, 6.07) is 6.54. The van der Waals surface area contributed by atoms with Crippen molar-refractivity contribution in [2.75, 3.05) is 38.0 Å². The molecule has 1 aromatic carbocycles. The van der Waals surface area contributed by atoms with E-state index in [1.165, 1.54) is 17.5 Å². The van der Waals surface area contributed by atoms with Crippen LogP contribution in [0.3, 0.4) is 0 Å². The summed E-state index contributed by atoms with van der Waals surface area (Å²) < 4.78 is 0. The molecule has 2 N–H and O–H groups in total. The first kappa shape index (κ1) is 21.7. The van der Waals surface area contributed by atoms with E-state index in [0.29, 0.717) is 12.6 Å². The zero-order chi connectivity index (χ0) is 18.5. The number of fused-ring (bicyclic) bond motifs is 1. The fourth-order valence-electron chi connectivity index (χ4n) is 4.17. The van der Waals surface area contributed by atoms with Crippen LogP contribution < -0.4 is 5.32 Å². The van der Waals surface area contributed by atoms with Gasteiger partial charge in [-0.25, -0.2) is 0 Å². The van der Waals surface area contributed by atoms with Crippen molar-refractivity contribution in [1.29, 1.82) is 0 Å². The Morgan fingerprint density at radius 1 is 1.22 bits per heavy atom. The highest BCUT2D eigenvalue weighted by Crippen LogP contribution is 2.25. The SMILES string of the molecule is CCN(CC(=O)O)C1CCN(CC(=O)Nc2ccc3c(c2)CCC3)CC1.Cl. The lowest BCUT2D eigenvalue weighted by Crippen LogP contribution is -2.48. The highest BCUT2D eigenvalue weighted by atomic mass is 35.5. The lowest BCUT2D eigenvalue weighted by molar-refractivity contribution is -0.139. The number of carboxylic acids is 1. The van der Waals surface area contributed by atoms with E-state index in [2.05, 4.69) is 22.3 Å². The van der Waals surface area contributed by atoms with Gasteiger partial charge in [0.1, 0.15) is 0 Å². The molecule has 0 aromatic heterocycles. The minimum Gasteiger partial charge on any atom is -0.480 e. The second kappa shape index (κ2) is 10.1. The molecule has 1 amide bonds. The zero-order valence-electron chi connectivity index (χ0n) is 15.9. The van der Waals surface area contributed by atoms with E-state index in [4.69, 9.17) is 5.11 Å². The number of carbonyl (C=O) groups excluding carboxylic acids is 1. The van der Waals surface area contributed by atoms with E-state index >= 15 is 0 Å². The summed E-state index contributed by atoms with van der Waals surface area (Å²) in [5.74, 6) is -0.748. The summed E-state index contributed by atoms with van der Waals surface area (Å²) in [6.07, 6.45) is 5.28. The van der Waals surface area contributed by atoms with Crippen molar-refractivity contribution in [3.05, 3.63) is 29.3 Å². The molecule has 1 saturated heterocycles. The number of hydrogen-bond acceptors (Lipinski definition) is 4. The number of halogens is 1. The van der Waals surface area contributed by atoms with Gasteiger partial charge >= 0.3 is 5.97 Å². The van der Waals surface area contributed by atoms with Crippen molar-refractivity contribution in [2.45, 2.75) is 45.1 Å². The largest absolute Gasteiger partial charge is 0.480 e. The molecule has 0 radical (unpaired) electrons. The maximum Gasteiger partial charge on any atom is 0.317 e. The van der Waals surface area contributed by atoms with Gasteiger partial charge in [0, 0.05) is 24.8 Å². The number of benzene rings is 1. The first-order valence-electron chi connectivity index (χ1n) is 9.65. The number of likely N-dealkylation sites (tertiary alicyclic amines) is 1. The molecule has 2 aliphatic rings. The number of nitrogens with zero attached hydrogens (tertiary/aromatic N) is 2. The summed E-state index contributed by atoms with van der Waals surface area (Å²) in [5.41, 5.74) is 3.66. The molecule has 1 aliphatic heterocycles. The van der Waals surface area contributed by atoms with Gasteiger partial charge < -0.3 is 10.4 Å². The number of aryl methyl sites for hydroxylation is 2. The second-order valence-electron chi connectivity index (χ2n) is 7.35. The lowest BCUT2D eigenvalue weighted by Gasteiger charge is -2.37. The predicted octanol–water partition coefficient (Wildman–Crippen LogP) is 2.41. The van der Waals surface area contributed by atoms with Gasteiger partial charge in [-0.3, -0.25) is 19.4 Å². The standard InChI is InChI=1S/C20H29N3O3.ClH/c1-2-23(14-20(25)26)18-8-10-22(11-9-18)13-19(24)21-17-7-6-15-4-3-5-16(15)12-17;/h6-7,12,18H,2-5,8-11,13-14H2,1H3,(H,21,24)(H,25,26);1H. The molecular weight excluding hydrogens is 366 g/mol. The van der Waals surface area contributed by atoms with Crippen LogP contribution in [0.4, 0.5) is 5.69 Å². The first-order chi connectivity index (χ1) is 12.5. The minimum absolute atomic E-state index is 0. The Morgan fingerprint density at radius 3 is 2.59 bits per heavy atom. The Bertz CT molecular complexity index is 660. The van der Waals surface area contributed by atoms with Gasteiger partial charge in [-0.05, 0) is 61.9 Å². The van der Waals surface area contributed by atoms with Crippen LogP contribution in [0.2, 0.25) is 0 Å². The molecule has 27 heavy (non-hydrogen) atoms. The molecule has 7 heteroatoms. The third-order valence-corrected chi connectivity index (χ3v) is 5.57. The van der Waals surface area contributed by atoms with Crippen LogP contribution in [0.5, 0.6) is 0 Å². The number of rotatable bonds is 7. The summed E-state index contributed by atoms with van der Waals surface area (Å²) in [5, 5.41) is 12.0. The Labute approximate surface area is 167 Å². The topological polar surface area (TPSA) is 72.9 Å². The van der Waals surface area contributed by atoms with E-state index in [1.54, 1.807) is 0 Å². The molecule has 1 fully saturated rings. The monoisotopic (exact) mass is 395 g/mol. The summed E-state index contributed by atoms with van der Waals surface area (Å²) in [7, 11) is 0. The van der Waals surface area contributed by atoms with Crippen LogP contribution in [0.1, 0.15) is 37.3 Å². The Balaban J connectivity index is 0.00000261. The van der Waals surface area contributed by atoms with Crippen LogP contribution >= 0.6 is 12.4 Å². The molecule has 0 spiro atoms. The van der Waals surface area contributed by atoms with E-state index in [9.17, 15) is 9.59 Å². The van der Waals surface area contributed by atoms with Crippen LogP contribution in [0.15, 0.2) is 18.2 Å². The Morgan fingerprint density at radius 2 is 1.93 bits per heavy atom. The zero-order valence-corrected chi connectivity index (χ0v) is 16.8. The second-order valence-corrected chi connectivity index (χ2v) is 7.35. The van der Waals surface area contributed by atoms with Crippen LogP contribution in [0.25, 0.3) is 0 Å². The van der Waals surface area contributed by atoms with Gasteiger partial charge in [-0.1, -0.05) is 13.0 Å². The molecule has 0 unspecified atom stereocenters. The highest BCUT2D eigenvalue weighted by molar-refractivity contribution is 5.92. The van der Waals surface area contributed by atoms with Crippen molar-refractivity contribution in [2.24, 2.45) is 0 Å². The molecule has 150 valence electrons. The number of likely N-dealkylation sites (N-methyl/N-ethyl adjacent to an activating group) is 1. The van der Waals surface area contributed by atoms with Gasteiger partial charge in [0.2, 0.25) is 5.91 Å². The molecule has 0 saturated carbocycles. The highest BCUT2D eigenvalue weighted by Gasteiger charge is 2.26. The van der Waals surface area contributed by atoms with E-state index in [0.717, 1.165) is 51.0 Å². The summed E-state index contributed by atoms with van der Waals surface area (Å²) in [6.45, 7) is 4.90. The fourth-order valence-corrected chi connectivity index (χ4v) is 4.17. The lowest BCUT2D eigenvalue weighted by atomic mass is 10.0. The number of aliphatic carboxylic acids is 1. The number of carbonyl (C=O) groups is 2. The van der Waals surface area contributed by atoms with Crippen molar-refractivity contribution >= 4 is 30.0 Å². The van der Waals surface area contributed by atoms with Gasteiger partial charge in [0.05, 0.1) is 13.1 Å². The Hall–Kier alpha value is -1.63. The van der Waals surface area contributed by atoms with Crippen LogP contribution in [-0.2, 0) is 22.4 Å². The third-order valence-electron chi connectivity index (χ3n) is 5.57. The number of amides is 1. The first-order valence-corrected chi connectivity index (χ1v) is 9.65. The number of anilines is 1. The molecule has 1 aromatic rings. The molecule has 3 rings (SSSR count). The number of nitrogens with one attached hydrogen (secondary N) is 1. The van der Waals surface area contributed by atoms with Crippen molar-refractivity contribution in [3.63, 3.8) is 0 Å². The quantitative estimate of drug-likeness (QED) is 0.741. The number of piperidine rings is 1. The number of carboxylic acid groups (broad SMARTS) is 1. The minimum atomic E-state index is -0.775. The summed E-state index contributed by atoms with van der Waals surface area (Å²) in [4.78, 5) is 27.5. The van der Waals surface area contributed by atoms with Crippen LogP contribution in [-0.4, -0.2) is 65.5 Å². The third kappa shape index (κ3) is 5.92. The summed E-state index contributed by atoms with van der Waals surface area (Å²) >= 11 is 0. The maximum absolute atomic E-state index is 12.4.